The summed E-state index contributed by atoms with van der Waals surface area (Å²) in [6, 6.07) is 6.02. The number of aryl methyl sites for hydroxylation is 1. The molecule has 1 fully saturated rings. The van der Waals surface area contributed by atoms with Crippen molar-refractivity contribution in [3.63, 3.8) is 0 Å². The van der Waals surface area contributed by atoms with Crippen molar-refractivity contribution in [1.29, 1.82) is 0 Å². The molecule has 0 saturated carbocycles. The molecule has 1 amide bonds. The number of rotatable bonds is 4. The molecule has 0 aliphatic carbocycles. The average molecular weight is 301 g/mol. The first kappa shape index (κ1) is 14.8. The van der Waals surface area contributed by atoms with E-state index in [1.165, 1.54) is 0 Å². The molecule has 1 saturated heterocycles. The molecule has 0 unspecified atom stereocenters. The third-order valence-electron chi connectivity index (χ3n) is 4.30. The third kappa shape index (κ3) is 2.77. The van der Waals surface area contributed by atoms with Gasteiger partial charge in [0.1, 0.15) is 0 Å². The number of hydrogen-bond acceptors (Lipinski definition) is 4. The van der Waals surface area contributed by atoms with Crippen molar-refractivity contribution in [3.8, 4) is 0 Å². The van der Waals surface area contributed by atoms with Crippen molar-refractivity contribution in [2.75, 3.05) is 24.5 Å². The monoisotopic (exact) mass is 301 g/mol. The summed E-state index contributed by atoms with van der Waals surface area (Å²) in [5.74, 6) is 1.22. The molecule has 1 aliphatic rings. The highest BCUT2D eigenvalue weighted by molar-refractivity contribution is 5.78. The van der Waals surface area contributed by atoms with Crippen LogP contribution in [0.4, 0.5) is 5.95 Å². The zero-order valence-corrected chi connectivity index (χ0v) is 13.2. The van der Waals surface area contributed by atoms with Gasteiger partial charge in [-0.05, 0) is 38.3 Å². The Hall–Kier alpha value is -2.11. The number of aromatic nitrogens is 3. The fourth-order valence-electron chi connectivity index (χ4n) is 3.02. The van der Waals surface area contributed by atoms with E-state index in [2.05, 4.69) is 44.7 Å². The van der Waals surface area contributed by atoms with Crippen LogP contribution in [-0.2, 0) is 4.79 Å². The van der Waals surface area contributed by atoms with Gasteiger partial charge in [-0.25, -0.2) is 0 Å². The molecule has 1 aliphatic heterocycles. The van der Waals surface area contributed by atoms with Crippen molar-refractivity contribution in [3.05, 3.63) is 23.9 Å². The maximum absolute atomic E-state index is 12.1. The molecule has 22 heavy (non-hydrogen) atoms. The fourth-order valence-corrected chi connectivity index (χ4v) is 3.02. The average Bonchev–Trinajstić information content (AvgIpc) is 2.98. The number of amides is 1. The van der Waals surface area contributed by atoms with Gasteiger partial charge in [-0.2, -0.15) is 0 Å². The molecule has 1 N–H and O–H groups in total. The summed E-state index contributed by atoms with van der Waals surface area (Å²) in [6.45, 7) is 6.60. The molecule has 3 rings (SSSR count). The lowest BCUT2D eigenvalue weighted by molar-refractivity contribution is -0.125. The predicted molar refractivity (Wildman–Crippen MR) is 86.0 cm³/mol. The molecule has 6 nitrogen and oxygen atoms in total. The molecule has 0 bridgehead atoms. The maximum atomic E-state index is 12.1. The van der Waals surface area contributed by atoms with E-state index in [-0.39, 0.29) is 11.8 Å². The number of carbonyl (C=O) groups is 1. The Bertz CT molecular complexity index is 658. The Morgan fingerprint density at radius 3 is 2.82 bits per heavy atom. The number of piperidine rings is 1. The van der Waals surface area contributed by atoms with E-state index < -0.39 is 0 Å². The van der Waals surface area contributed by atoms with Crippen molar-refractivity contribution in [2.24, 2.45) is 5.92 Å². The van der Waals surface area contributed by atoms with E-state index in [0.29, 0.717) is 0 Å². The number of anilines is 1. The minimum atomic E-state index is 0.128. The van der Waals surface area contributed by atoms with Gasteiger partial charge in [-0.3, -0.25) is 9.20 Å². The minimum absolute atomic E-state index is 0.128. The largest absolute Gasteiger partial charge is 0.356 e. The second-order valence-corrected chi connectivity index (χ2v) is 5.91. The van der Waals surface area contributed by atoms with Gasteiger partial charge >= 0.3 is 0 Å². The quantitative estimate of drug-likeness (QED) is 0.935. The first-order valence-corrected chi connectivity index (χ1v) is 8.04. The highest BCUT2D eigenvalue weighted by Crippen LogP contribution is 2.23. The topological polar surface area (TPSA) is 62.5 Å². The number of fused-ring (bicyclic) bond motifs is 1. The molecule has 0 atom stereocenters. The summed E-state index contributed by atoms with van der Waals surface area (Å²) in [5.41, 5.74) is 2.00. The maximum Gasteiger partial charge on any atom is 0.231 e. The number of hydrogen-bond donors (Lipinski definition) is 1. The van der Waals surface area contributed by atoms with Crippen LogP contribution in [-0.4, -0.2) is 40.1 Å². The van der Waals surface area contributed by atoms with Crippen LogP contribution in [0.2, 0.25) is 0 Å². The highest BCUT2D eigenvalue weighted by Gasteiger charge is 2.27. The van der Waals surface area contributed by atoms with Crippen molar-refractivity contribution in [1.82, 2.24) is 19.9 Å². The van der Waals surface area contributed by atoms with Gasteiger partial charge in [0, 0.05) is 31.2 Å². The third-order valence-corrected chi connectivity index (χ3v) is 4.30. The molecule has 0 aromatic carbocycles. The molecule has 118 valence electrons. The van der Waals surface area contributed by atoms with E-state index in [0.717, 1.165) is 56.2 Å². The van der Waals surface area contributed by atoms with Crippen molar-refractivity contribution < 1.29 is 4.79 Å². The Labute approximate surface area is 130 Å². The van der Waals surface area contributed by atoms with Crippen LogP contribution in [0.1, 0.15) is 31.9 Å². The van der Waals surface area contributed by atoms with Crippen LogP contribution in [0.15, 0.2) is 18.2 Å². The molecule has 0 radical (unpaired) electrons. The second-order valence-electron chi connectivity index (χ2n) is 5.91. The van der Waals surface area contributed by atoms with E-state index in [9.17, 15) is 4.79 Å². The Kier molecular flexibility index (Phi) is 4.27. The molecule has 3 heterocycles. The van der Waals surface area contributed by atoms with E-state index in [1.54, 1.807) is 0 Å². The first-order chi connectivity index (χ1) is 10.7. The molecule has 6 heteroatoms. The standard InChI is InChI=1S/C16H23N5O/c1-3-9-17-15(22)13-7-10-20(11-8-13)16-19-18-14-6-4-5-12(2)21(14)16/h4-6,13H,3,7-11H2,1-2H3,(H,17,22). The lowest BCUT2D eigenvalue weighted by Crippen LogP contribution is -2.41. The summed E-state index contributed by atoms with van der Waals surface area (Å²) >= 11 is 0. The normalized spacial score (nSPS) is 16.2. The molecule has 2 aromatic heterocycles. The summed E-state index contributed by atoms with van der Waals surface area (Å²) in [6.07, 6.45) is 2.72. The zero-order chi connectivity index (χ0) is 15.5. The number of nitrogens with zero attached hydrogens (tertiary/aromatic N) is 4. The van der Waals surface area contributed by atoms with Gasteiger partial charge in [-0.15, -0.1) is 10.2 Å². The smallest absolute Gasteiger partial charge is 0.231 e. The zero-order valence-electron chi connectivity index (χ0n) is 13.2. The van der Waals surface area contributed by atoms with Crippen LogP contribution in [0.3, 0.4) is 0 Å². The van der Waals surface area contributed by atoms with Crippen molar-refractivity contribution >= 4 is 17.5 Å². The van der Waals surface area contributed by atoms with Crippen LogP contribution >= 0.6 is 0 Å². The summed E-state index contributed by atoms with van der Waals surface area (Å²) in [7, 11) is 0. The molecular formula is C16H23N5O. The lowest BCUT2D eigenvalue weighted by Gasteiger charge is -2.31. The van der Waals surface area contributed by atoms with Gasteiger partial charge in [0.2, 0.25) is 11.9 Å². The van der Waals surface area contributed by atoms with Crippen LogP contribution in [0, 0.1) is 12.8 Å². The minimum Gasteiger partial charge on any atom is -0.356 e. The summed E-state index contributed by atoms with van der Waals surface area (Å²) in [5, 5.41) is 11.6. The summed E-state index contributed by atoms with van der Waals surface area (Å²) in [4.78, 5) is 14.3. The second kappa shape index (κ2) is 6.34. The Morgan fingerprint density at radius 2 is 2.09 bits per heavy atom. The van der Waals surface area contributed by atoms with Gasteiger partial charge in [-0.1, -0.05) is 13.0 Å². The number of carbonyl (C=O) groups excluding carboxylic acids is 1. The van der Waals surface area contributed by atoms with Gasteiger partial charge in [0.05, 0.1) is 0 Å². The molecule has 2 aromatic rings. The van der Waals surface area contributed by atoms with Crippen molar-refractivity contribution in [2.45, 2.75) is 33.1 Å². The fraction of sp³-hybridized carbons (Fsp3) is 0.562. The molecule has 0 spiro atoms. The van der Waals surface area contributed by atoms with Crippen LogP contribution in [0.25, 0.3) is 5.65 Å². The highest BCUT2D eigenvalue weighted by atomic mass is 16.1. The van der Waals surface area contributed by atoms with Crippen LogP contribution < -0.4 is 10.2 Å². The Morgan fingerprint density at radius 1 is 1.32 bits per heavy atom. The van der Waals surface area contributed by atoms with Gasteiger partial charge in [0.25, 0.3) is 0 Å². The lowest BCUT2D eigenvalue weighted by atomic mass is 9.96. The Balaban J connectivity index is 1.69. The SMILES string of the molecule is CCCNC(=O)C1CCN(c2nnc3cccc(C)n23)CC1. The predicted octanol–water partition coefficient (Wildman–Crippen LogP) is 1.78. The van der Waals surface area contributed by atoms with E-state index in [4.69, 9.17) is 0 Å². The number of pyridine rings is 1. The van der Waals surface area contributed by atoms with E-state index in [1.807, 2.05) is 12.1 Å². The van der Waals surface area contributed by atoms with Gasteiger partial charge in [0.15, 0.2) is 5.65 Å². The van der Waals surface area contributed by atoms with E-state index >= 15 is 0 Å². The number of nitrogens with one attached hydrogen (secondary N) is 1. The summed E-state index contributed by atoms with van der Waals surface area (Å²) < 4.78 is 2.08. The first-order valence-electron chi connectivity index (χ1n) is 8.04. The van der Waals surface area contributed by atoms with Crippen LogP contribution in [0.5, 0.6) is 0 Å². The molecular weight excluding hydrogens is 278 g/mol. The van der Waals surface area contributed by atoms with Gasteiger partial charge < -0.3 is 10.2 Å².